The second kappa shape index (κ2) is 4.61. The van der Waals surface area contributed by atoms with Crippen LogP contribution in [0.5, 0.6) is 0 Å². The normalized spacial score (nSPS) is 25.1. The van der Waals surface area contributed by atoms with Gasteiger partial charge in [-0.05, 0) is 46.5 Å². The van der Waals surface area contributed by atoms with E-state index in [1.165, 1.54) is 5.06 Å². The molecule has 3 heteroatoms. The molecule has 0 unspecified atom stereocenters. The lowest BCUT2D eigenvalue weighted by Crippen LogP contribution is -2.57. The molecule has 1 saturated heterocycles. The lowest BCUT2D eigenvalue weighted by molar-refractivity contribution is -0.128. The van der Waals surface area contributed by atoms with E-state index in [1.807, 2.05) is 48.5 Å². The summed E-state index contributed by atoms with van der Waals surface area (Å²) in [5.41, 5.74) is -1.02. The predicted molar refractivity (Wildman–Crippen MR) is 75.2 cm³/mol. The Balaban J connectivity index is 2.79. The highest BCUT2D eigenvalue weighted by atomic mass is 16.5. The Hall–Kier alpha value is -0.410. The van der Waals surface area contributed by atoms with Gasteiger partial charge in [-0.15, -0.1) is 0 Å². The molecular weight excluding hydrogens is 226 g/mol. The number of carbonyl (C=O) groups excluding carboxylic acids is 1. The minimum absolute atomic E-state index is 0.275. The Morgan fingerprint density at radius 1 is 1.17 bits per heavy atom. The van der Waals surface area contributed by atoms with Crippen LogP contribution < -0.4 is 0 Å². The Morgan fingerprint density at radius 2 is 1.56 bits per heavy atom. The summed E-state index contributed by atoms with van der Waals surface area (Å²) in [6.07, 6.45) is 2.22. The largest absolute Gasteiger partial charge is 0.784 e. The number of carbonyl (C=O) groups is 1. The average molecular weight is 254 g/mol. The van der Waals surface area contributed by atoms with Gasteiger partial charge in [0.05, 0.1) is 0 Å². The van der Waals surface area contributed by atoms with Crippen LogP contribution in [0.15, 0.2) is 0 Å². The number of piperidine rings is 1. The zero-order chi connectivity index (χ0) is 14.4. The molecular formula is C15H28NO2-. The van der Waals surface area contributed by atoms with Crippen LogP contribution in [0.2, 0.25) is 0 Å². The first-order chi connectivity index (χ1) is 7.86. The molecule has 1 fully saturated rings. The number of hydrogen-bond donors (Lipinski definition) is 0. The monoisotopic (exact) mass is 254 g/mol. The van der Waals surface area contributed by atoms with Crippen molar-refractivity contribution in [3.05, 3.63) is 5.21 Å². The van der Waals surface area contributed by atoms with E-state index >= 15 is 0 Å². The maximum Gasteiger partial charge on any atom is 0.138 e. The SMILES string of the molecule is CC(C)(C)C(=O)CC1CC(C)(C)N([O-])C(C)(C)C1. The quantitative estimate of drug-likeness (QED) is 0.753. The van der Waals surface area contributed by atoms with Crippen molar-refractivity contribution in [2.24, 2.45) is 11.3 Å². The van der Waals surface area contributed by atoms with E-state index in [0.29, 0.717) is 18.1 Å². The number of rotatable bonds is 2. The molecule has 3 nitrogen and oxygen atoms in total. The molecule has 0 aromatic rings. The first kappa shape index (κ1) is 15.6. The summed E-state index contributed by atoms with van der Waals surface area (Å²) in [5, 5.41) is 13.4. The summed E-state index contributed by atoms with van der Waals surface area (Å²) in [5.74, 6) is 0.630. The van der Waals surface area contributed by atoms with E-state index < -0.39 is 0 Å². The van der Waals surface area contributed by atoms with Crippen molar-refractivity contribution in [3.8, 4) is 0 Å². The second-order valence-corrected chi connectivity index (χ2v) is 8.07. The second-order valence-electron chi connectivity index (χ2n) is 8.07. The zero-order valence-corrected chi connectivity index (χ0v) is 13.0. The highest BCUT2D eigenvalue weighted by Crippen LogP contribution is 2.42. The van der Waals surface area contributed by atoms with Gasteiger partial charge in [0.2, 0.25) is 0 Å². The molecule has 1 rings (SSSR count). The molecule has 0 atom stereocenters. The first-order valence-electron chi connectivity index (χ1n) is 6.87. The number of hydroxylamine groups is 2. The maximum atomic E-state index is 12.2. The van der Waals surface area contributed by atoms with Crippen LogP contribution in [0.3, 0.4) is 0 Å². The summed E-state index contributed by atoms with van der Waals surface area (Å²) in [4.78, 5) is 12.1. The van der Waals surface area contributed by atoms with Gasteiger partial charge in [0.1, 0.15) is 5.78 Å². The molecule has 1 aliphatic rings. The summed E-state index contributed by atoms with van der Waals surface area (Å²) in [7, 11) is 0. The Labute approximate surface area is 112 Å². The molecule has 0 amide bonds. The van der Waals surface area contributed by atoms with Crippen molar-refractivity contribution in [1.82, 2.24) is 5.06 Å². The number of nitrogens with zero attached hydrogens (tertiary/aromatic N) is 1. The van der Waals surface area contributed by atoms with Crippen LogP contribution in [0.1, 0.15) is 67.7 Å². The minimum atomic E-state index is -0.370. The molecule has 18 heavy (non-hydrogen) atoms. The van der Waals surface area contributed by atoms with Gasteiger partial charge in [0.25, 0.3) is 0 Å². The summed E-state index contributed by atoms with van der Waals surface area (Å²) >= 11 is 0. The Kier molecular flexibility index (Phi) is 4.00. The smallest absolute Gasteiger partial charge is 0.138 e. The van der Waals surface area contributed by atoms with Crippen molar-refractivity contribution >= 4 is 5.78 Å². The van der Waals surface area contributed by atoms with Crippen LogP contribution in [-0.2, 0) is 4.79 Å². The van der Waals surface area contributed by atoms with Gasteiger partial charge in [-0.3, -0.25) is 4.79 Å². The van der Waals surface area contributed by atoms with Gasteiger partial charge in [-0.1, -0.05) is 20.8 Å². The minimum Gasteiger partial charge on any atom is -0.784 e. The molecule has 0 spiro atoms. The fourth-order valence-electron chi connectivity index (χ4n) is 3.18. The van der Waals surface area contributed by atoms with Gasteiger partial charge in [0, 0.05) is 22.9 Å². The molecule has 0 aliphatic carbocycles. The first-order valence-corrected chi connectivity index (χ1v) is 6.87. The van der Waals surface area contributed by atoms with Crippen LogP contribution in [0.4, 0.5) is 0 Å². The zero-order valence-electron chi connectivity index (χ0n) is 13.0. The van der Waals surface area contributed by atoms with E-state index in [0.717, 1.165) is 12.8 Å². The predicted octanol–water partition coefficient (Wildman–Crippen LogP) is 3.76. The van der Waals surface area contributed by atoms with Gasteiger partial charge in [-0.25, -0.2) is 0 Å². The number of ketones is 1. The van der Waals surface area contributed by atoms with E-state index in [1.54, 1.807) is 0 Å². The van der Waals surface area contributed by atoms with Crippen molar-refractivity contribution in [3.63, 3.8) is 0 Å². The summed E-state index contributed by atoms with van der Waals surface area (Å²) in [6.45, 7) is 13.8. The topological polar surface area (TPSA) is 43.4 Å². The fraction of sp³-hybridized carbons (Fsp3) is 0.933. The average Bonchev–Trinajstić information content (AvgIpc) is 2.11. The summed E-state index contributed by atoms with van der Waals surface area (Å²) < 4.78 is 0. The molecule has 1 heterocycles. The van der Waals surface area contributed by atoms with Crippen molar-refractivity contribution < 1.29 is 4.79 Å². The third kappa shape index (κ3) is 3.33. The van der Waals surface area contributed by atoms with Gasteiger partial charge in [0.15, 0.2) is 0 Å². The van der Waals surface area contributed by atoms with E-state index in [9.17, 15) is 10.0 Å². The van der Waals surface area contributed by atoms with Crippen LogP contribution in [0, 0.1) is 16.5 Å². The molecule has 0 N–H and O–H groups in total. The van der Waals surface area contributed by atoms with E-state index in [-0.39, 0.29) is 16.5 Å². The highest BCUT2D eigenvalue weighted by Gasteiger charge is 2.41. The maximum absolute atomic E-state index is 12.2. The van der Waals surface area contributed by atoms with Gasteiger partial charge in [-0.2, -0.15) is 0 Å². The van der Waals surface area contributed by atoms with Crippen molar-refractivity contribution in [2.75, 3.05) is 0 Å². The molecule has 1 aliphatic heterocycles. The highest BCUT2D eigenvalue weighted by molar-refractivity contribution is 5.83. The lowest BCUT2D eigenvalue weighted by Gasteiger charge is -2.60. The van der Waals surface area contributed by atoms with Crippen molar-refractivity contribution in [2.45, 2.75) is 78.8 Å². The number of hydrogen-bond acceptors (Lipinski definition) is 3. The van der Waals surface area contributed by atoms with Gasteiger partial charge >= 0.3 is 0 Å². The van der Waals surface area contributed by atoms with Crippen LogP contribution in [0.25, 0.3) is 0 Å². The third-order valence-corrected chi connectivity index (χ3v) is 3.99. The molecule has 0 saturated carbocycles. The fourth-order valence-corrected chi connectivity index (χ4v) is 3.18. The summed E-state index contributed by atoms with van der Waals surface area (Å²) in [6, 6.07) is 0. The van der Waals surface area contributed by atoms with Crippen LogP contribution in [-0.4, -0.2) is 21.9 Å². The number of Topliss-reactive ketones (excluding diaryl/α,β-unsaturated/α-hetero) is 1. The molecule has 0 aromatic heterocycles. The standard InChI is InChI=1S/C15H28NO2/c1-13(2,3)12(17)8-11-9-14(4,5)16(18)15(6,7)10-11/h11H,8-10H2,1-7H3/q-1. The molecule has 106 valence electrons. The van der Waals surface area contributed by atoms with E-state index in [4.69, 9.17) is 0 Å². The lowest BCUT2D eigenvalue weighted by atomic mass is 9.72. The van der Waals surface area contributed by atoms with Crippen LogP contribution >= 0.6 is 0 Å². The van der Waals surface area contributed by atoms with Crippen molar-refractivity contribution in [1.29, 1.82) is 0 Å². The Morgan fingerprint density at radius 3 is 1.89 bits per heavy atom. The third-order valence-electron chi connectivity index (χ3n) is 3.99. The van der Waals surface area contributed by atoms with E-state index in [2.05, 4.69) is 0 Å². The molecule has 0 radical (unpaired) electrons. The Bertz CT molecular complexity index is 308. The van der Waals surface area contributed by atoms with Gasteiger partial charge < -0.3 is 10.3 Å². The molecule has 0 bridgehead atoms. The molecule has 0 aromatic carbocycles.